The van der Waals surface area contributed by atoms with Gasteiger partial charge < -0.3 is 5.11 Å². The summed E-state index contributed by atoms with van der Waals surface area (Å²) in [6.07, 6.45) is -3.58. The quantitative estimate of drug-likeness (QED) is 0.894. The third-order valence-electron chi connectivity index (χ3n) is 3.57. The van der Waals surface area contributed by atoms with E-state index in [0.29, 0.717) is 12.8 Å². The molecule has 2 atom stereocenters. The number of carbonyl (C=O) groups excluding carboxylic acids is 1. The maximum Gasteiger partial charge on any atom is 0.416 e. The monoisotopic (exact) mass is 272 g/mol. The van der Waals surface area contributed by atoms with Crippen LogP contribution in [-0.2, 0) is 11.0 Å². The zero-order valence-corrected chi connectivity index (χ0v) is 10.3. The molecule has 0 bridgehead atoms. The van der Waals surface area contributed by atoms with Gasteiger partial charge in [-0.1, -0.05) is 24.6 Å². The molecular weight excluding hydrogens is 257 g/mol. The van der Waals surface area contributed by atoms with Gasteiger partial charge in [-0.05, 0) is 24.5 Å². The maximum atomic E-state index is 12.9. The average molecular weight is 272 g/mol. The van der Waals surface area contributed by atoms with Crippen molar-refractivity contribution in [1.82, 2.24) is 0 Å². The fraction of sp³-hybridized carbons (Fsp3) is 0.500. The Morgan fingerprint density at radius 3 is 2.53 bits per heavy atom. The number of halogens is 3. The summed E-state index contributed by atoms with van der Waals surface area (Å²) in [7, 11) is 0. The summed E-state index contributed by atoms with van der Waals surface area (Å²) in [6, 6.07) is 4.91. The lowest BCUT2D eigenvalue weighted by atomic mass is 9.80. The molecule has 1 N–H and O–H groups in total. The van der Waals surface area contributed by atoms with Crippen LogP contribution in [0, 0.1) is 5.92 Å². The van der Waals surface area contributed by atoms with Crippen LogP contribution in [0.15, 0.2) is 24.3 Å². The van der Waals surface area contributed by atoms with Crippen LogP contribution in [0.4, 0.5) is 13.2 Å². The topological polar surface area (TPSA) is 37.3 Å². The molecule has 0 heterocycles. The van der Waals surface area contributed by atoms with E-state index in [1.165, 1.54) is 18.2 Å². The molecule has 0 saturated heterocycles. The molecule has 2 nitrogen and oxygen atoms in total. The predicted molar refractivity (Wildman–Crippen MR) is 63.4 cm³/mol. The van der Waals surface area contributed by atoms with Crippen molar-refractivity contribution in [3.8, 4) is 0 Å². The molecular formula is C14H15F3O2. The van der Waals surface area contributed by atoms with Crippen molar-refractivity contribution in [1.29, 1.82) is 0 Å². The van der Waals surface area contributed by atoms with Gasteiger partial charge in [-0.2, -0.15) is 13.2 Å². The maximum absolute atomic E-state index is 12.9. The second kappa shape index (κ2) is 5.33. The number of rotatable bonds is 2. The first-order valence-corrected chi connectivity index (χ1v) is 6.28. The summed E-state index contributed by atoms with van der Waals surface area (Å²) in [6.45, 7) is 0. The molecule has 0 spiro atoms. The molecule has 2 unspecified atom stereocenters. The smallest absolute Gasteiger partial charge is 0.388 e. The van der Waals surface area contributed by atoms with E-state index in [1.54, 1.807) is 0 Å². The van der Waals surface area contributed by atoms with Crippen LogP contribution in [0.3, 0.4) is 0 Å². The van der Waals surface area contributed by atoms with Crippen LogP contribution in [0.2, 0.25) is 0 Å². The third-order valence-corrected chi connectivity index (χ3v) is 3.57. The second-order valence-corrected chi connectivity index (χ2v) is 4.85. The molecule has 1 fully saturated rings. The van der Waals surface area contributed by atoms with Gasteiger partial charge in [0.2, 0.25) is 0 Å². The summed E-state index contributed by atoms with van der Waals surface area (Å²) in [5.41, 5.74) is -1.06. The Morgan fingerprint density at radius 1 is 1.21 bits per heavy atom. The van der Waals surface area contributed by atoms with Gasteiger partial charge in [-0.25, -0.2) is 0 Å². The molecule has 0 amide bonds. The van der Waals surface area contributed by atoms with Crippen LogP contribution in [-0.4, -0.2) is 10.9 Å². The van der Waals surface area contributed by atoms with Crippen LogP contribution >= 0.6 is 0 Å². The van der Waals surface area contributed by atoms with E-state index in [-0.39, 0.29) is 11.3 Å². The number of Topliss-reactive ketones (excluding diaryl/α,β-unsaturated/α-hetero) is 1. The normalized spacial score (nSPS) is 22.3. The van der Waals surface area contributed by atoms with Crippen molar-refractivity contribution in [3.05, 3.63) is 35.4 Å². The van der Waals surface area contributed by atoms with Gasteiger partial charge in [0.25, 0.3) is 0 Å². The highest BCUT2D eigenvalue weighted by atomic mass is 19.4. The lowest BCUT2D eigenvalue weighted by molar-refractivity contribution is -0.141. The number of ketones is 1. The van der Waals surface area contributed by atoms with Crippen molar-refractivity contribution in [3.63, 3.8) is 0 Å². The highest BCUT2D eigenvalue weighted by Crippen LogP contribution is 2.39. The SMILES string of the molecule is O=C1CCCCC1C(O)c1ccccc1C(F)(F)F. The predicted octanol–water partition coefficient (Wildman–Crippen LogP) is 3.50. The fourth-order valence-corrected chi connectivity index (χ4v) is 2.57. The lowest BCUT2D eigenvalue weighted by Gasteiger charge is -2.27. The van der Waals surface area contributed by atoms with Crippen LogP contribution in [0.5, 0.6) is 0 Å². The van der Waals surface area contributed by atoms with Gasteiger partial charge in [-0.15, -0.1) is 0 Å². The Balaban J connectivity index is 2.33. The first-order valence-electron chi connectivity index (χ1n) is 6.28. The Labute approximate surface area is 109 Å². The summed E-state index contributed by atoms with van der Waals surface area (Å²) in [4.78, 5) is 11.7. The van der Waals surface area contributed by atoms with Crippen molar-refractivity contribution in [2.24, 2.45) is 5.92 Å². The minimum absolute atomic E-state index is 0.143. The third kappa shape index (κ3) is 2.97. The van der Waals surface area contributed by atoms with E-state index in [9.17, 15) is 23.1 Å². The summed E-state index contributed by atoms with van der Waals surface area (Å²) < 4.78 is 38.6. The van der Waals surface area contributed by atoms with E-state index in [1.807, 2.05) is 0 Å². The number of aliphatic hydroxyl groups is 1. The standard InChI is InChI=1S/C14H15F3O2/c15-14(16,17)11-7-3-1-5-9(11)13(19)10-6-2-4-8-12(10)18/h1,3,5,7,10,13,19H,2,4,6,8H2. The van der Waals surface area contributed by atoms with Gasteiger partial charge in [0, 0.05) is 12.3 Å². The van der Waals surface area contributed by atoms with Crippen molar-refractivity contribution < 1.29 is 23.1 Å². The molecule has 1 saturated carbocycles. The molecule has 0 aromatic heterocycles. The molecule has 2 rings (SSSR count). The van der Waals surface area contributed by atoms with Crippen molar-refractivity contribution >= 4 is 5.78 Å². The molecule has 1 aliphatic carbocycles. The van der Waals surface area contributed by atoms with Crippen LogP contribution in [0.1, 0.15) is 42.9 Å². The molecule has 19 heavy (non-hydrogen) atoms. The fourth-order valence-electron chi connectivity index (χ4n) is 2.57. The first kappa shape index (κ1) is 14.1. The molecule has 104 valence electrons. The number of hydrogen-bond acceptors (Lipinski definition) is 2. The number of alkyl halides is 3. The lowest BCUT2D eigenvalue weighted by Crippen LogP contribution is -2.27. The van der Waals surface area contributed by atoms with Crippen molar-refractivity contribution in [2.45, 2.75) is 38.0 Å². The highest BCUT2D eigenvalue weighted by Gasteiger charge is 2.38. The van der Waals surface area contributed by atoms with Crippen LogP contribution in [0.25, 0.3) is 0 Å². The van der Waals surface area contributed by atoms with Crippen molar-refractivity contribution in [2.75, 3.05) is 0 Å². The van der Waals surface area contributed by atoms with E-state index in [0.717, 1.165) is 18.9 Å². The highest BCUT2D eigenvalue weighted by molar-refractivity contribution is 5.82. The van der Waals surface area contributed by atoms with Gasteiger partial charge in [0.15, 0.2) is 0 Å². The van der Waals surface area contributed by atoms with E-state index >= 15 is 0 Å². The zero-order chi connectivity index (χ0) is 14.0. The Bertz CT molecular complexity index is 468. The van der Waals surface area contributed by atoms with E-state index in [2.05, 4.69) is 0 Å². The number of hydrogen-bond donors (Lipinski definition) is 1. The average Bonchev–Trinajstić information content (AvgIpc) is 2.37. The largest absolute Gasteiger partial charge is 0.416 e. The molecule has 1 aromatic rings. The second-order valence-electron chi connectivity index (χ2n) is 4.85. The number of carbonyl (C=O) groups is 1. The van der Waals surface area contributed by atoms with Gasteiger partial charge in [0.05, 0.1) is 11.7 Å². The molecule has 5 heteroatoms. The summed E-state index contributed by atoms with van der Waals surface area (Å²) in [5, 5.41) is 10.1. The minimum atomic E-state index is -4.52. The first-order chi connectivity index (χ1) is 8.91. The zero-order valence-electron chi connectivity index (χ0n) is 10.3. The Kier molecular flexibility index (Phi) is 3.94. The summed E-state index contributed by atoms with van der Waals surface area (Å²) >= 11 is 0. The molecule has 1 aromatic carbocycles. The van der Waals surface area contributed by atoms with Gasteiger partial charge in [0.1, 0.15) is 5.78 Å². The Hall–Kier alpha value is -1.36. The summed E-state index contributed by atoms with van der Waals surface area (Å²) in [5.74, 6) is -0.854. The molecule has 1 aliphatic rings. The molecule has 0 radical (unpaired) electrons. The minimum Gasteiger partial charge on any atom is -0.388 e. The molecule has 0 aliphatic heterocycles. The van der Waals surface area contributed by atoms with Gasteiger partial charge >= 0.3 is 6.18 Å². The Morgan fingerprint density at radius 2 is 1.89 bits per heavy atom. The van der Waals surface area contributed by atoms with E-state index in [4.69, 9.17) is 0 Å². The van der Waals surface area contributed by atoms with Crippen LogP contribution < -0.4 is 0 Å². The van der Waals surface area contributed by atoms with E-state index < -0.39 is 23.8 Å². The van der Waals surface area contributed by atoms with Gasteiger partial charge in [-0.3, -0.25) is 4.79 Å². The number of benzene rings is 1. The number of aliphatic hydroxyl groups excluding tert-OH is 1.